The van der Waals surface area contributed by atoms with E-state index >= 15 is 4.39 Å². The van der Waals surface area contributed by atoms with E-state index in [9.17, 15) is 22.4 Å². The number of rotatable bonds is 7. The number of ether oxygens (including phenoxy) is 1. The van der Waals surface area contributed by atoms with Crippen molar-refractivity contribution in [2.45, 2.75) is 13.1 Å². The van der Waals surface area contributed by atoms with Crippen molar-refractivity contribution in [3.8, 4) is 11.3 Å². The van der Waals surface area contributed by atoms with E-state index in [1.54, 1.807) is 6.92 Å². The number of halogens is 5. The SMILES string of the molecule is Cc1nc(NCCN2CCOCC2)nc2[nH]nc(-c3cccc(NC(=O)Nc4cc(C(F)(F)F)ccc4F)c3F)c12. The molecule has 2 aromatic carbocycles. The van der Waals surface area contributed by atoms with Gasteiger partial charge in [-0.05, 0) is 37.3 Å². The van der Waals surface area contributed by atoms with Gasteiger partial charge in [0, 0.05) is 31.7 Å². The molecular formula is C26H25F5N8O2. The minimum absolute atomic E-state index is 0.0130. The van der Waals surface area contributed by atoms with Crippen molar-refractivity contribution in [2.75, 3.05) is 55.3 Å². The minimum Gasteiger partial charge on any atom is -0.379 e. The van der Waals surface area contributed by atoms with Crippen LogP contribution in [0.15, 0.2) is 36.4 Å². The van der Waals surface area contributed by atoms with Gasteiger partial charge < -0.3 is 20.7 Å². The van der Waals surface area contributed by atoms with Crippen LogP contribution in [-0.4, -0.2) is 70.5 Å². The van der Waals surface area contributed by atoms with Crippen LogP contribution in [0.25, 0.3) is 22.3 Å². The molecule has 0 spiro atoms. The van der Waals surface area contributed by atoms with Gasteiger partial charge in [-0.2, -0.15) is 23.3 Å². The highest BCUT2D eigenvalue weighted by molar-refractivity contribution is 6.01. The zero-order valence-corrected chi connectivity index (χ0v) is 21.7. The first kappa shape index (κ1) is 28.2. The second kappa shape index (κ2) is 11.6. The zero-order valence-electron chi connectivity index (χ0n) is 21.7. The molecule has 1 aliphatic rings. The molecule has 0 atom stereocenters. The van der Waals surface area contributed by atoms with Crippen LogP contribution in [0.2, 0.25) is 0 Å². The number of aromatic nitrogens is 4. The van der Waals surface area contributed by atoms with Crippen LogP contribution in [0.5, 0.6) is 0 Å². The maximum atomic E-state index is 15.5. The number of aryl methyl sites for hydroxylation is 1. The van der Waals surface area contributed by atoms with Crippen LogP contribution in [0, 0.1) is 18.6 Å². The number of morpholine rings is 1. The fourth-order valence-corrected chi connectivity index (χ4v) is 4.41. The van der Waals surface area contributed by atoms with Crippen LogP contribution in [-0.2, 0) is 10.9 Å². The van der Waals surface area contributed by atoms with Crippen molar-refractivity contribution < 1.29 is 31.5 Å². The number of fused-ring (bicyclic) bond motifs is 1. The Labute approximate surface area is 230 Å². The van der Waals surface area contributed by atoms with Crippen LogP contribution < -0.4 is 16.0 Å². The summed E-state index contributed by atoms with van der Waals surface area (Å²) in [7, 11) is 0. The number of alkyl halides is 3. The number of aromatic amines is 1. The van der Waals surface area contributed by atoms with Gasteiger partial charge in [-0.1, -0.05) is 6.07 Å². The van der Waals surface area contributed by atoms with Gasteiger partial charge in [-0.25, -0.2) is 18.6 Å². The second-order valence-corrected chi connectivity index (χ2v) is 9.25. The summed E-state index contributed by atoms with van der Waals surface area (Å²) in [5.74, 6) is -1.57. The molecular weight excluding hydrogens is 551 g/mol. The molecule has 0 unspecified atom stereocenters. The van der Waals surface area contributed by atoms with Crippen LogP contribution >= 0.6 is 0 Å². The number of H-pyrrole nitrogens is 1. The Kier molecular flexibility index (Phi) is 7.99. The van der Waals surface area contributed by atoms with Crippen molar-refractivity contribution in [1.82, 2.24) is 25.1 Å². The highest BCUT2D eigenvalue weighted by Gasteiger charge is 2.31. The van der Waals surface area contributed by atoms with E-state index in [-0.39, 0.29) is 16.9 Å². The van der Waals surface area contributed by atoms with E-state index < -0.39 is 35.1 Å². The topological polar surface area (TPSA) is 120 Å². The van der Waals surface area contributed by atoms with Gasteiger partial charge in [-0.3, -0.25) is 10.00 Å². The Morgan fingerprint density at radius 1 is 1.07 bits per heavy atom. The lowest BCUT2D eigenvalue weighted by atomic mass is 10.1. The average Bonchev–Trinajstić information content (AvgIpc) is 3.35. The van der Waals surface area contributed by atoms with Gasteiger partial charge in [0.15, 0.2) is 11.5 Å². The number of hydrogen-bond acceptors (Lipinski definition) is 7. The summed E-state index contributed by atoms with van der Waals surface area (Å²) >= 11 is 0. The average molecular weight is 577 g/mol. The first-order valence-electron chi connectivity index (χ1n) is 12.6. The molecule has 1 aliphatic heterocycles. The molecule has 10 nitrogen and oxygen atoms in total. The summed E-state index contributed by atoms with van der Waals surface area (Å²) < 4.78 is 73.8. The number of carbonyl (C=O) groups is 1. The van der Waals surface area contributed by atoms with Gasteiger partial charge in [-0.15, -0.1) is 0 Å². The summed E-state index contributed by atoms with van der Waals surface area (Å²) in [6.45, 7) is 6.24. The van der Waals surface area contributed by atoms with E-state index in [0.717, 1.165) is 19.6 Å². The van der Waals surface area contributed by atoms with Gasteiger partial charge in [0.05, 0.1) is 41.2 Å². The maximum absolute atomic E-state index is 15.5. The van der Waals surface area contributed by atoms with E-state index in [4.69, 9.17) is 4.74 Å². The fourth-order valence-electron chi connectivity index (χ4n) is 4.41. The second-order valence-electron chi connectivity index (χ2n) is 9.25. The minimum atomic E-state index is -4.74. The van der Waals surface area contributed by atoms with E-state index in [2.05, 4.69) is 35.7 Å². The molecule has 4 aromatic rings. The number of nitrogens with zero attached hydrogens (tertiary/aromatic N) is 4. The maximum Gasteiger partial charge on any atom is 0.416 e. The molecule has 4 N–H and O–H groups in total. The first-order chi connectivity index (χ1) is 19.6. The lowest BCUT2D eigenvalue weighted by molar-refractivity contribution is -0.137. The Bertz CT molecular complexity index is 1570. The van der Waals surface area contributed by atoms with Crippen molar-refractivity contribution in [3.05, 3.63) is 59.3 Å². The number of hydrogen-bond donors (Lipinski definition) is 4. The largest absolute Gasteiger partial charge is 0.416 e. The summed E-state index contributed by atoms with van der Waals surface area (Å²) in [5, 5.41) is 14.8. The van der Waals surface area contributed by atoms with Crippen LogP contribution in [0.1, 0.15) is 11.3 Å². The summed E-state index contributed by atoms with van der Waals surface area (Å²) in [6, 6.07) is 4.58. The highest BCUT2D eigenvalue weighted by Crippen LogP contribution is 2.34. The molecule has 216 valence electrons. The van der Waals surface area contributed by atoms with Crippen LogP contribution in [0.3, 0.4) is 0 Å². The van der Waals surface area contributed by atoms with Crippen molar-refractivity contribution in [1.29, 1.82) is 0 Å². The zero-order chi connectivity index (χ0) is 29.1. The molecule has 5 rings (SSSR count). The van der Waals surface area contributed by atoms with E-state index in [0.29, 0.717) is 60.6 Å². The third-order valence-corrected chi connectivity index (χ3v) is 6.46. The van der Waals surface area contributed by atoms with Gasteiger partial charge in [0.25, 0.3) is 0 Å². The van der Waals surface area contributed by atoms with Gasteiger partial charge in [0.1, 0.15) is 11.5 Å². The molecule has 1 saturated heterocycles. The highest BCUT2D eigenvalue weighted by atomic mass is 19.4. The van der Waals surface area contributed by atoms with Gasteiger partial charge in [0.2, 0.25) is 5.95 Å². The summed E-state index contributed by atoms with van der Waals surface area (Å²) in [4.78, 5) is 23.6. The molecule has 1 fully saturated rings. The normalized spacial score (nSPS) is 14.3. The smallest absolute Gasteiger partial charge is 0.379 e. The Hall–Kier alpha value is -4.37. The molecule has 3 heterocycles. The number of nitrogens with one attached hydrogen (secondary N) is 4. The monoisotopic (exact) mass is 576 g/mol. The molecule has 0 saturated carbocycles. The number of benzene rings is 2. The fraction of sp³-hybridized carbons (Fsp3) is 0.308. The number of carbonyl (C=O) groups excluding carboxylic acids is 1. The summed E-state index contributed by atoms with van der Waals surface area (Å²) in [6.07, 6.45) is -4.74. The molecule has 0 bridgehead atoms. The van der Waals surface area contributed by atoms with E-state index in [1.807, 2.05) is 5.32 Å². The number of anilines is 3. The molecule has 2 amide bonds. The molecule has 0 aliphatic carbocycles. The molecule has 2 aromatic heterocycles. The third-order valence-electron chi connectivity index (χ3n) is 6.46. The Balaban J connectivity index is 1.32. The lowest BCUT2D eigenvalue weighted by Gasteiger charge is -2.26. The first-order valence-corrected chi connectivity index (χ1v) is 12.6. The summed E-state index contributed by atoms with van der Waals surface area (Å²) in [5.41, 5.74) is -1.06. The molecule has 0 radical (unpaired) electrons. The predicted octanol–water partition coefficient (Wildman–Crippen LogP) is 5.01. The Morgan fingerprint density at radius 3 is 2.59 bits per heavy atom. The van der Waals surface area contributed by atoms with Crippen molar-refractivity contribution in [2.24, 2.45) is 0 Å². The van der Waals surface area contributed by atoms with Crippen molar-refractivity contribution >= 4 is 34.4 Å². The molecule has 41 heavy (non-hydrogen) atoms. The molecule has 15 heteroatoms. The third kappa shape index (κ3) is 6.36. The van der Waals surface area contributed by atoms with Crippen LogP contribution in [0.4, 0.5) is 44.1 Å². The quantitative estimate of drug-likeness (QED) is 0.228. The number of urea groups is 1. The van der Waals surface area contributed by atoms with Crippen molar-refractivity contribution in [3.63, 3.8) is 0 Å². The Morgan fingerprint density at radius 2 is 1.83 bits per heavy atom. The number of amides is 2. The standard InChI is InChI=1S/C26H25F5N8O2/c1-14-20-22(37-38-23(20)36-24(33-14)32-7-8-39-9-11-41-12-10-39)16-3-2-4-18(21(16)28)34-25(40)35-19-13-15(26(29,30)31)5-6-17(19)27/h2-6,13H,7-12H2,1H3,(H2,34,35,40)(H2,32,33,36,37,38). The van der Waals surface area contributed by atoms with E-state index in [1.165, 1.54) is 18.2 Å². The van der Waals surface area contributed by atoms with Gasteiger partial charge >= 0.3 is 12.2 Å². The lowest BCUT2D eigenvalue weighted by Crippen LogP contribution is -2.39. The predicted molar refractivity (Wildman–Crippen MR) is 142 cm³/mol.